The number of amides is 2. The topological polar surface area (TPSA) is 63.4 Å². The first kappa shape index (κ1) is 14.7. The first-order valence-corrected chi connectivity index (χ1v) is 5.10. The van der Waals surface area contributed by atoms with E-state index in [1.807, 2.05) is 0 Å². The molecular formula is C9H11F5N2O2. The van der Waals surface area contributed by atoms with Gasteiger partial charge in [0.15, 0.2) is 0 Å². The Hall–Kier alpha value is -1.41. The molecule has 0 spiro atoms. The van der Waals surface area contributed by atoms with Crippen molar-refractivity contribution in [3.05, 3.63) is 0 Å². The quantitative estimate of drug-likeness (QED) is 0.761. The fraction of sp³-hybridized carbons (Fsp3) is 0.778. The van der Waals surface area contributed by atoms with Crippen LogP contribution in [0.15, 0.2) is 0 Å². The van der Waals surface area contributed by atoms with Crippen molar-refractivity contribution in [2.45, 2.75) is 24.9 Å². The van der Waals surface area contributed by atoms with Crippen LogP contribution in [0.1, 0.15) is 12.8 Å². The summed E-state index contributed by atoms with van der Waals surface area (Å²) < 4.78 is 61.6. The molecule has 1 atom stereocenters. The molecule has 2 amide bonds. The number of rotatable bonds is 2. The second-order valence-electron chi connectivity index (χ2n) is 4.06. The van der Waals surface area contributed by atoms with Gasteiger partial charge in [-0.1, -0.05) is 0 Å². The second-order valence-corrected chi connectivity index (χ2v) is 4.06. The lowest BCUT2D eigenvalue weighted by molar-refractivity contribution is -0.274. The van der Waals surface area contributed by atoms with Gasteiger partial charge in [-0.15, -0.1) is 0 Å². The lowest BCUT2D eigenvalue weighted by Gasteiger charge is -2.33. The van der Waals surface area contributed by atoms with E-state index in [4.69, 9.17) is 5.73 Å². The van der Waals surface area contributed by atoms with Gasteiger partial charge in [0, 0.05) is 13.1 Å². The van der Waals surface area contributed by atoms with Crippen LogP contribution in [0.25, 0.3) is 0 Å². The van der Waals surface area contributed by atoms with Crippen LogP contribution < -0.4 is 5.73 Å². The smallest absolute Gasteiger partial charge is 0.369 e. The zero-order valence-electron chi connectivity index (χ0n) is 9.14. The standard InChI is InChI=1S/C9H11F5N2O2/c10-8(11,9(12,13)14)7(18)16-3-1-2-5(4-16)6(15)17/h5H,1-4H2,(H2,15,17). The van der Waals surface area contributed by atoms with Crippen molar-refractivity contribution < 1.29 is 31.5 Å². The van der Waals surface area contributed by atoms with E-state index in [1.54, 1.807) is 0 Å². The third-order valence-electron chi connectivity index (χ3n) is 2.74. The Labute approximate surface area is 98.9 Å². The van der Waals surface area contributed by atoms with Gasteiger partial charge < -0.3 is 10.6 Å². The van der Waals surface area contributed by atoms with Gasteiger partial charge >= 0.3 is 18.0 Å². The van der Waals surface area contributed by atoms with Crippen LogP contribution in [0, 0.1) is 5.92 Å². The van der Waals surface area contributed by atoms with Crippen LogP contribution in [0.5, 0.6) is 0 Å². The molecule has 0 aromatic carbocycles. The number of alkyl halides is 5. The van der Waals surface area contributed by atoms with E-state index >= 15 is 0 Å². The average Bonchev–Trinajstić information content (AvgIpc) is 2.26. The van der Waals surface area contributed by atoms with Crippen molar-refractivity contribution in [3.63, 3.8) is 0 Å². The summed E-state index contributed by atoms with van der Waals surface area (Å²) in [7, 11) is 0. The molecule has 1 heterocycles. The Balaban J connectivity index is 2.82. The summed E-state index contributed by atoms with van der Waals surface area (Å²) >= 11 is 0. The molecule has 1 unspecified atom stereocenters. The van der Waals surface area contributed by atoms with Gasteiger partial charge in [0.2, 0.25) is 5.91 Å². The third kappa shape index (κ3) is 2.70. The van der Waals surface area contributed by atoms with Crippen LogP contribution in [0.3, 0.4) is 0 Å². The van der Waals surface area contributed by atoms with Crippen molar-refractivity contribution in [3.8, 4) is 0 Å². The Morgan fingerprint density at radius 1 is 1.17 bits per heavy atom. The molecule has 1 fully saturated rings. The number of likely N-dealkylation sites (tertiary alicyclic amines) is 1. The number of hydrogen-bond acceptors (Lipinski definition) is 2. The number of carbonyl (C=O) groups excluding carboxylic acids is 2. The maximum absolute atomic E-state index is 12.8. The van der Waals surface area contributed by atoms with Crippen LogP contribution in [0.4, 0.5) is 22.0 Å². The Bertz CT molecular complexity index is 355. The minimum atomic E-state index is -5.94. The van der Waals surface area contributed by atoms with Crippen molar-refractivity contribution >= 4 is 11.8 Å². The fourth-order valence-electron chi connectivity index (χ4n) is 1.71. The molecule has 1 saturated heterocycles. The van der Waals surface area contributed by atoms with Gasteiger partial charge in [-0.05, 0) is 12.8 Å². The predicted octanol–water partition coefficient (Wildman–Crippen LogP) is 0.908. The second kappa shape index (κ2) is 4.69. The lowest BCUT2D eigenvalue weighted by Crippen LogP contribution is -2.55. The first-order valence-electron chi connectivity index (χ1n) is 5.10. The summed E-state index contributed by atoms with van der Waals surface area (Å²) in [6.07, 6.45) is -5.51. The molecule has 0 aromatic heterocycles. The molecule has 18 heavy (non-hydrogen) atoms. The van der Waals surface area contributed by atoms with Gasteiger partial charge in [0.1, 0.15) is 0 Å². The highest BCUT2D eigenvalue weighted by Gasteiger charge is 2.64. The van der Waals surface area contributed by atoms with E-state index in [1.165, 1.54) is 0 Å². The summed E-state index contributed by atoms with van der Waals surface area (Å²) in [5, 5.41) is 0. The summed E-state index contributed by atoms with van der Waals surface area (Å²) in [4.78, 5) is 22.3. The molecule has 0 saturated carbocycles. The van der Waals surface area contributed by atoms with Crippen LogP contribution in [-0.2, 0) is 9.59 Å². The van der Waals surface area contributed by atoms with Gasteiger partial charge in [0.25, 0.3) is 0 Å². The number of carbonyl (C=O) groups is 2. The predicted molar refractivity (Wildman–Crippen MR) is 49.5 cm³/mol. The highest BCUT2D eigenvalue weighted by atomic mass is 19.4. The molecule has 0 aromatic rings. The van der Waals surface area contributed by atoms with E-state index < -0.39 is 36.4 Å². The maximum Gasteiger partial charge on any atom is 0.463 e. The number of piperidine rings is 1. The highest BCUT2D eigenvalue weighted by molar-refractivity contribution is 5.85. The molecule has 104 valence electrons. The Kier molecular flexibility index (Phi) is 3.82. The molecular weight excluding hydrogens is 263 g/mol. The molecule has 1 aliphatic heterocycles. The third-order valence-corrected chi connectivity index (χ3v) is 2.74. The molecule has 1 aliphatic rings. The number of halogens is 5. The Morgan fingerprint density at radius 3 is 2.17 bits per heavy atom. The molecule has 4 nitrogen and oxygen atoms in total. The van der Waals surface area contributed by atoms with Gasteiger partial charge in [-0.25, -0.2) is 0 Å². The van der Waals surface area contributed by atoms with Crippen LogP contribution >= 0.6 is 0 Å². The number of hydrogen-bond donors (Lipinski definition) is 1. The zero-order chi connectivity index (χ0) is 14.1. The monoisotopic (exact) mass is 274 g/mol. The summed E-state index contributed by atoms with van der Waals surface area (Å²) in [5.41, 5.74) is 4.94. The number of primary amides is 1. The van der Waals surface area contributed by atoms with Gasteiger partial charge in [0.05, 0.1) is 5.92 Å². The highest BCUT2D eigenvalue weighted by Crippen LogP contribution is 2.37. The van der Waals surface area contributed by atoms with Crippen molar-refractivity contribution in [1.82, 2.24) is 4.90 Å². The fourth-order valence-corrected chi connectivity index (χ4v) is 1.71. The first-order chi connectivity index (χ1) is 8.07. The minimum Gasteiger partial charge on any atom is -0.369 e. The molecule has 0 aliphatic carbocycles. The summed E-state index contributed by atoms with van der Waals surface area (Å²) in [6, 6.07) is 0. The number of nitrogens with two attached hydrogens (primary N) is 1. The lowest BCUT2D eigenvalue weighted by atomic mass is 9.97. The molecule has 0 bridgehead atoms. The molecule has 1 rings (SSSR count). The maximum atomic E-state index is 12.8. The van der Waals surface area contributed by atoms with E-state index in [9.17, 15) is 31.5 Å². The Morgan fingerprint density at radius 2 is 1.72 bits per heavy atom. The van der Waals surface area contributed by atoms with E-state index in [0.717, 1.165) is 0 Å². The molecule has 2 N–H and O–H groups in total. The summed E-state index contributed by atoms with van der Waals surface area (Å²) in [6.45, 7) is -0.742. The SMILES string of the molecule is NC(=O)C1CCCN(C(=O)C(F)(F)C(F)(F)F)C1. The van der Waals surface area contributed by atoms with E-state index in [-0.39, 0.29) is 19.4 Å². The van der Waals surface area contributed by atoms with Crippen molar-refractivity contribution in [2.75, 3.05) is 13.1 Å². The molecule has 9 heteroatoms. The van der Waals surface area contributed by atoms with Crippen LogP contribution in [-0.4, -0.2) is 41.9 Å². The van der Waals surface area contributed by atoms with Crippen molar-refractivity contribution in [2.24, 2.45) is 11.7 Å². The van der Waals surface area contributed by atoms with E-state index in [0.29, 0.717) is 4.90 Å². The normalized spacial score (nSPS) is 21.8. The van der Waals surface area contributed by atoms with Gasteiger partial charge in [-0.2, -0.15) is 22.0 Å². The molecule has 0 radical (unpaired) electrons. The van der Waals surface area contributed by atoms with Crippen molar-refractivity contribution in [1.29, 1.82) is 0 Å². The minimum absolute atomic E-state index is 0.160. The summed E-state index contributed by atoms with van der Waals surface area (Å²) in [5.74, 6) is -9.47. The number of nitrogens with zero attached hydrogens (tertiary/aromatic N) is 1. The zero-order valence-corrected chi connectivity index (χ0v) is 9.14. The van der Waals surface area contributed by atoms with E-state index in [2.05, 4.69) is 0 Å². The van der Waals surface area contributed by atoms with Gasteiger partial charge in [-0.3, -0.25) is 9.59 Å². The average molecular weight is 274 g/mol. The van der Waals surface area contributed by atoms with Crippen LogP contribution in [0.2, 0.25) is 0 Å². The largest absolute Gasteiger partial charge is 0.463 e.